The molecule has 4 nitrogen and oxygen atoms in total. The van der Waals surface area contributed by atoms with E-state index in [9.17, 15) is 8.42 Å². The third kappa shape index (κ3) is 3.84. The van der Waals surface area contributed by atoms with Crippen molar-refractivity contribution >= 4 is 26.2 Å². The van der Waals surface area contributed by atoms with Crippen molar-refractivity contribution in [2.45, 2.75) is 31.6 Å². The van der Waals surface area contributed by atoms with Gasteiger partial charge in [0.25, 0.3) is 0 Å². The Kier molecular flexibility index (Phi) is 4.16. The minimum atomic E-state index is -4.14. The van der Waals surface area contributed by atoms with Gasteiger partial charge in [-0.05, 0) is 12.3 Å². The van der Waals surface area contributed by atoms with E-state index in [0.29, 0.717) is 6.42 Å². The predicted octanol–water partition coefficient (Wildman–Crippen LogP) is 1.54. The molecule has 2 N–H and O–H groups in total. The molecule has 0 aliphatic heterocycles. The highest BCUT2D eigenvalue weighted by Gasteiger charge is 2.32. The maximum atomic E-state index is 10.5. The van der Waals surface area contributed by atoms with Gasteiger partial charge < -0.3 is 0 Å². The lowest BCUT2D eigenvalue weighted by atomic mass is 10.0. The predicted molar refractivity (Wildman–Crippen MR) is 51.5 cm³/mol. The first kappa shape index (κ1) is 12.3. The SMILES string of the molecule is CCC(Br)(NS(=O)(=O)O)C(C)C. The van der Waals surface area contributed by atoms with Gasteiger partial charge in [0.15, 0.2) is 0 Å². The van der Waals surface area contributed by atoms with Crippen molar-refractivity contribution in [3.8, 4) is 0 Å². The van der Waals surface area contributed by atoms with Crippen LogP contribution < -0.4 is 4.72 Å². The molecular formula is C6H14BrNO3S. The van der Waals surface area contributed by atoms with Gasteiger partial charge in [0, 0.05) is 0 Å². The maximum Gasteiger partial charge on any atom is 0.334 e. The van der Waals surface area contributed by atoms with Gasteiger partial charge in [-0.1, -0.05) is 36.7 Å². The Bertz CT molecular complexity index is 239. The van der Waals surface area contributed by atoms with Crippen LogP contribution in [0.15, 0.2) is 0 Å². The average Bonchev–Trinajstić information content (AvgIpc) is 1.83. The van der Waals surface area contributed by atoms with Crippen LogP contribution in [0.3, 0.4) is 0 Å². The molecule has 0 aliphatic rings. The minimum absolute atomic E-state index is 0.0597. The van der Waals surface area contributed by atoms with Gasteiger partial charge in [-0.2, -0.15) is 13.1 Å². The lowest BCUT2D eigenvalue weighted by molar-refractivity contribution is 0.378. The molecule has 0 amide bonds. The second kappa shape index (κ2) is 4.04. The summed E-state index contributed by atoms with van der Waals surface area (Å²) in [5.74, 6) is 0.0597. The summed E-state index contributed by atoms with van der Waals surface area (Å²) in [6, 6.07) is 0. The normalized spacial score (nSPS) is 17.8. The highest BCUT2D eigenvalue weighted by molar-refractivity contribution is 9.10. The third-order valence-corrected chi connectivity index (χ3v) is 4.29. The molecule has 1 atom stereocenters. The molecule has 0 rings (SSSR count). The molecule has 0 saturated carbocycles. The van der Waals surface area contributed by atoms with Crippen LogP contribution in [0, 0.1) is 5.92 Å². The molecule has 0 saturated heterocycles. The van der Waals surface area contributed by atoms with Crippen LogP contribution in [0.4, 0.5) is 0 Å². The monoisotopic (exact) mass is 259 g/mol. The van der Waals surface area contributed by atoms with Crippen LogP contribution in [0.1, 0.15) is 27.2 Å². The first-order valence-electron chi connectivity index (χ1n) is 3.66. The molecule has 6 heteroatoms. The van der Waals surface area contributed by atoms with Gasteiger partial charge in [0.1, 0.15) is 0 Å². The fourth-order valence-electron chi connectivity index (χ4n) is 0.813. The second-order valence-corrected chi connectivity index (χ2v) is 5.52. The zero-order valence-electron chi connectivity index (χ0n) is 7.33. The van der Waals surface area contributed by atoms with Crippen molar-refractivity contribution in [2.24, 2.45) is 5.92 Å². The van der Waals surface area contributed by atoms with E-state index >= 15 is 0 Å². The summed E-state index contributed by atoms with van der Waals surface area (Å²) in [5, 5.41) is 0. The summed E-state index contributed by atoms with van der Waals surface area (Å²) in [4.78, 5) is 0. The van der Waals surface area contributed by atoms with Crippen LogP contribution in [-0.2, 0) is 10.3 Å². The zero-order chi connectivity index (χ0) is 9.99. The lowest BCUT2D eigenvalue weighted by Crippen LogP contribution is -2.46. The Morgan fingerprint density at radius 2 is 2.00 bits per heavy atom. The highest BCUT2D eigenvalue weighted by atomic mass is 79.9. The van der Waals surface area contributed by atoms with Gasteiger partial charge in [-0.25, -0.2) is 0 Å². The number of hydrogen-bond acceptors (Lipinski definition) is 2. The Morgan fingerprint density at radius 1 is 1.58 bits per heavy atom. The number of rotatable bonds is 4. The van der Waals surface area contributed by atoms with Gasteiger partial charge in [-0.3, -0.25) is 4.55 Å². The molecule has 74 valence electrons. The quantitative estimate of drug-likeness (QED) is 0.457. The fourth-order valence-corrected chi connectivity index (χ4v) is 2.24. The van der Waals surface area contributed by atoms with Crippen molar-refractivity contribution < 1.29 is 13.0 Å². The second-order valence-electron chi connectivity index (χ2n) is 2.95. The summed E-state index contributed by atoms with van der Waals surface area (Å²) in [7, 11) is -4.14. The third-order valence-electron chi connectivity index (χ3n) is 1.73. The van der Waals surface area contributed by atoms with Crippen molar-refractivity contribution in [2.75, 3.05) is 0 Å². The Balaban J connectivity index is 4.57. The van der Waals surface area contributed by atoms with Crippen LogP contribution in [0.25, 0.3) is 0 Å². The molecular weight excluding hydrogens is 246 g/mol. The van der Waals surface area contributed by atoms with Crippen LogP contribution in [0.2, 0.25) is 0 Å². The molecule has 0 heterocycles. The molecule has 0 spiro atoms. The molecule has 0 bridgehead atoms. The molecule has 0 radical (unpaired) electrons. The molecule has 0 fully saturated rings. The maximum absolute atomic E-state index is 10.5. The van der Waals surface area contributed by atoms with E-state index in [1.807, 2.05) is 20.8 Å². The van der Waals surface area contributed by atoms with Crippen molar-refractivity contribution in [1.29, 1.82) is 0 Å². The Morgan fingerprint density at radius 3 is 2.08 bits per heavy atom. The molecule has 0 aromatic rings. The van der Waals surface area contributed by atoms with Gasteiger partial charge in [0.05, 0.1) is 4.45 Å². The summed E-state index contributed by atoms with van der Waals surface area (Å²) < 4.78 is 31.0. The fraction of sp³-hybridized carbons (Fsp3) is 1.00. The van der Waals surface area contributed by atoms with E-state index in [0.717, 1.165) is 0 Å². The summed E-state index contributed by atoms with van der Waals surface area (Å²) in [6.45, 7) is 5.54. The number of halogens is 1. The first-order valence-corrected chi connectivity index (χ1v) is 5.90. The van der Waals surface area contributed by atoms with E-state index < -0.39 is 14.8 Å². The van der Waals surface area contributed by atoms with Crippen molar-refractivity contribution in [3.63, 3.8) is 0 Å². The van der Waals surface area contributed by atoms with E-state index in [1.54, 1.807) is 0 Å². The van der Waals surface area contributed by atoms with Crippen LogP contribution in [-0.4, -0.2) is 17.4 Å². The van der Waals surface area contributed by atoms with E-state index in [4.69, 9.17) is 4.55 Å². The van der Waals surface area contributed by atoms with Gasteiger partial charge in [-0.15, -0.1) is 0 Å². The standard InChI is InChI=1S/C6H14BrNO3S/c1-4-6(7,5(2)3)8-12(9,10)11/h5,8H,4H2,1-3H3,(H,9,10,11). The first-order chi connectivity index (χ1) is 5.21. The Hall–Kier alpha value is 0.350. The molecule has 0 aromatic carbocycles. The highest BCUT2D eigenvalue weighted by Crippen LogP contribution is 2.28. The number of nitrogens with one attached hydrogen (secondary N) is 1. The smallest absolute Gasteiger partial charge is 0.273 e. The summed E-state index contributed by atoms with van der Waals surface area (Å²) >= 11 is 3.23. The average molecular weight is 260 g/mol. The molecule has 1 unspecified atom stereocenters. The van der Waals surface area contributed by atoms with E-state index in [2.05, 4.69) is 20.7 Å². The Labute approximate surface area is 81.7 Å². The van der Waals surface area contributed by atoms with Crippen LogP contribution >= 0.6 is 15.9 Å². The molecule has 0 aliphatic carbocycles. The largest absolute Gasteiger partial charge is 0.334 e. The van der Waals surface area contributed by atoms with E-state index in [-0.39, 0.29) is 5.92 Å². The van der Waals surface area contributed by atoms with Gasteiger partial charge in [0.2, 0.25) is 0 Å². The lowest BCUT2D eigenvalue weighted by Gasteiger charge is -2.29. The summed E-state index contributed by atoms with van der Waals surface area (Å²) in [6.07, 6.45) is 0.560. The molecule has 0 aromatic heterocycles. The van der Waals surface area contributed by atoms with Crippen molar-refractivity contribution in [1.82, 2.24) is 4.72 Å². The van der Waals surface area contributed by atoms with Crippen molar-refractivity contribution in [3.05, 3.63) is 0 Å². The summed E-state index contributed by atoms with van der Waals surface area (Å²) in [5.41, 5.74) is 0. The molecule has 12 heavy (non-hydrogen) atoms. The van der Waals surface area contributed by atoms with Crippen LogP contribution in [0.5, 0.6) is 0 Å². The zero-order valence-corrected chi connectivity index (χ0v) is 9.74. The minimum Gasteiger partial charge on any atom is -0.273 e. The number of hydrogen-bond donors (Lipinski definition) is 2. The number of alkyl halides is 1. The topological polar surface area (TPSA) is 66.4 Å². The van der Waals surface area contributed by atoms with Gasteiger partial charge >= 0.3 is 10.3 Å². The van der Waals surface area contributed by atoms with E-state index in [1.165, 1.54) is 0 Å².